The lowest BCUT2D eigenvalue weighted by atomic mass is 10.1. The molecule has 0 spiro atoms. The molecule has 0 heterocycles. The highest BCUT2D eigenvalue weighted by molar-refractivity contribution is 7.89. The van der Waals surface area contributed by atoms with E-state index in [2.05, 4.69) is 4.72 Å². The molecule has 1 saturated carbocycles. The number of nitrogens with zero attached hydrogens (tertiary/aromatic N) is 1. The summed E-state index contributed by atoms with van der Waals surface area (Å²) in [6.45, 7) is 5.93. The number of carbonyl (C=O) groups excluding carboxylic acids is 1. The summed E-state index contributed by atoms with van der Waals surface area (Å²) in [4.78, 5) is 14.8. The summed E-state index contributed by atoms with van der Waals surface area (Å²) in [5.41, 5.74) is 3.25. The Morgan fingerprint density at radius 3 is 2.24 bits per heavy atom. The van der Waals surface area contributed by atoms with Crippen molar-refractivity contribution >= 4 is 15.9 Å². The summed E-state index contributed by atoms with van der Waals surface area (Å²) < 4.78 is 41.1. The first-order chi connectivity index (χ1) is 13.7. The molecule has 2 aromatic carbocycles. The number of nitrogens with one attached hydrogen (secondary N) is 1. The summed E-state index contributed by atoms with van der Waals surface area (Å²) in [6.07, 6.45) is 1.97. The van der Waals surface area contributed by atoms with Gasteiger partial charge < -0.3 is 4.90 Å². The van der Waals surface area contributed by atoms with Gasteiger partial charge in [0.25, 0.3) is 0 Å². The quantitative estimate of drug-likeness (QED) is 0.712. The minimum Gasteiger partial charge on any atom is -0.335 e. The largest absolute Gasteiger partial charge is 0.335 e. The van der Waals surface area contributed by atoms with Crippen LogP contribution in [0.1, 0.15) is 41.5 Å². The molecule has 1 N–H and O–H groups in total. The molecule has 7 heteroatoms. The SMILES string of the molecule is Cc1cc(C)c(S(=O)(=O)NCCC(=O)N(Cc2ccc(F)cc2)C2CC2)c(C)c1. The number of aryl methyl sites for hydroxylation is 3. The summed E-state index contributed by atoms with van der Waals surface area (Å²) in [5, 5.41) is 0. The Morgan fingerprint density at radius 2 is 1.69 bits per heavy atom. The van der Waals surface area contributed by atoms with Crippen LogP contribution in [0.3, 0.4) is 0 Å². The number of carbonyl (C=O) groups is 1. The van der Waals surface area contributed by atoms with Crippen LogP contribution in [0.4, 0.5) is 4.39 Å². The molecule has 0 atom stereocenters. The van der Waals surface area contributed by atoms with Gasteiger partial charge in [0.2, 0.25) is 15.9 Å². The molecule has 29 heavy (non-hydrogen) atoms. The molecule has 0 saturated heterocycles. The molecule has 0 bridgehead atoms. The Bertz CT molecular complexity index is 976. The van der Waals surface area contributed by atoms with Gasteiger partial charge in [-0.25, -0.2) is 17.5 Å². The fourth-order valence-corrected chi connectivity index (χ4v) is 5.17. The molecule has 0 unspecified atom stereocenters. The van der Waals surface area contributed by atoms with Crippen molar-refractivity contribution < 1.29 is 17.6 Å². The Kier molecular flexibility index (Phi) is 6.39. The van der Waals surface area contributed by atoms with E-state index in [0.29, 0.717) is 17.7 Å². The Balaban J connectivity index is 1.62. The van der Waals surface area contributed by atoms with Crippen molar-refractivity contribution in [1.82, 2.24) is 9.62 Å². The Morgan fingerprint density at radius 1 is 1.10 bits per heavy atom. The van der Waals surface area contributed by atoms with Gasteiger partial charge in [-0.15, -0.1) is 0 Å². The van der Waals surface area contributed by atoms with Crippen molar-refractivity contribution in [3.8, 4) is 0 Å². The van der Waals surface area contributed by atoms with Crippen molar-refractivity contribution in [2.45, 2.75) is 57.5 Å². The predicted octanol–water partition coefficient (Wildman–Crippen LogP) is 3.61. The van der Waals surface area contributed by atoms with E-state index in [1.807, 2.05) is 19.1 Å². The molecular formula is C22H27FN2O3S. The second-order valence-corrected chi connectivity index (χ2v) is 9.46. The molecule has 1 aliphatic rings. The van der Waals surface area contributed by atoms with Crippen LogP contribution in [-0.4, -0.2) is 31.8 Å². The number of sulfonamides is 1. The van der Waals surface area contributed by atoms with Gasteiger partial charge in [0.1, 0.15) is 5.82 Å². The molecule has 5 nitrogen and oxygen atoms in total. The maximum Gasteiger partial charge on any atom is 0.241 e. The molecular weight excluding hydrogens is 391 g/mol. The number of rotatable bonds is 8. The smallest absolute Gasteiger partial charge is 0.241 e. The highest BCUT2D eigenvalue weighted by atomic mass is 32.2. The van der Waals surface area contributed by atoms with Gasteiger partial charge in [0.15, 0.2) is 0 Å². The third-order valence-electron chi connectivity index (χ3n) is 5.08. The van der Waals surface area contributed by atoms with E-state index in [1.54, 1.807) is 30.9 Å². The Labute approximate surface area is 172 Å². The lowest BCUT2D eigenvalue weighted by Crippen LogP contribution is -2.36. The summed E-state index contributed by atoms with van der Waals surface area (Å²) >= 11 is 0. The molecule has 156 valence electrons. The van der Waals surface area contributed by atoms with Crippen molar-refractivity contribution in [2.75, 3.05) is 6.54 Å². The van der Waals surface area contributed by atoms with E-state index in [4.69, 9.17) is 0 Å². The van der Waals surface area contributed by atoms with E-state index >= 15 is 0 Å². The van der Waals surface area contributed by atoms with Crippen LogP contribution in [0.2, 0.25) is 0 Å². The lowest BCUT2D eigenvalue weighted by Gasteiger charge is -2.23. The van der Waals surface area contributed by atoms with E-state index in [-0.39, 0.29) is 35.6 Å². The minimum atomic E-state index is -3.69. The van der Waals surface area contributed by atoms with Gasteiger partial charge in [0, 0.05) is 25.6 Å². The molecule has 2 aromatic rings. The van der Waals surface area contributed by atoms with Crippen LogP contribution >= 0.6 is 0 Å². The average molecular weight is 419 g/mol. The third kappa shape index (κ3) is 5.42. The number of amides is 1. The topological polar surface area (TPSA) is 66.5 Å². The second-order valence-electron chi connectivity index (χ2n) is 7.75. The Hall–Kier alpha value is -2.25. The maximum atomic E-state index is 13.1. The molecule has 0 aliphatic heterocycles. The van der Waals surface area contributed by atoms with Crippen LogP contribution in [0.15, 0.2) is 41.3 Å². The number of hydrogen-bond donors (Lipinski definition) is 1. The van der Waals surface area contributed by atoms with Gasteiger partial charge in [-0.2, -0.15) is 0 Å². The van der Waals surface area contributed by atoms with Crippen LogP contribution in [0.5, 0.6) is 0 Å². The molecule has 0 radical (unpaired) electrons. The first-order valence-electron chi connectivity index (χ1n) is 9.79. The molecule has 0 aromatic heterocycles. The van der Waals surface area contributed by atoms with E-state index < -0.39 is 10.0 Å². The fourth-order valence-electron chi connectivity index (χ4n) is 3.69. The minimum absolute atomic E-state index is 0.0422. The van der Waals surface area contributed by atoms with Crippen molar-refractivity contribution in [1.29, 1.82) is 0 Å². The van der Waals surface area contributed by atoms with Crippen LogP contribution in [0.25, 0.3) is 0 Å². The maximum absolute atomic E-state index is 13.1. The highest BCUT2D eigenvalue weighted by Gasteiger charge is 2.32. The van der Waals surface area contributed by atoms with Gasteiger partial charge in [-0.3, -0.25) is 4.79 Å². The van der Waals surface area contributed by atoms with Gasteiger partial charge in [-0.05, 0) is 62.4 Å². The third-order valence-corrected chi connectivity index (χ3v) is 6.84. The fraction of sp³-hybridized carbons (Fsp3) is 0.409. The summed E-state index contributed by atoms with van der Waals surface area (Å²) in [7, 11) is -3.69. The summed E-state index contributed by atoms with van der Waals surface area (Å²) in [5.74, 6) is -0.411. The van der Waals surface area contributed by atoms with Crippen LogP contribution in [0, 0.1) is 26.6 Å². The van der Waals surface area contributed by atoms with Crippen LogP contribution < -0.4 is 4.72 Å². The van der Waals surface area contributed by atoms with Gasteiger partial charge in [0.05, 0.1) is 4.90 Å². The molecule has 1 fully saturated rings. The number of hydrogen-bond acceptors (Lipinski definition) is 3. The first kappa shape index (κ1) is 21.5. The van der Waals surface area contributed by atoms with Crippen LogP contribution in [-0.2, 0) is 21.4 Å². The first-order valence-corrected chi connectivity index (χ1v) is 11.3. The molecule has 1 aliphatic carbocycles. The van der Waals surface area contributed by atoms with Crippen molar-refractivity contribution in [2.24, 2.45) is 0 Å². The standard InChI is InChI=1S/C22H27FN2O3S/c1-15-12-16(2)22(17(3)13-15)29(27,28)24-11-10-21(26)25(20-8-9-20)14-18-4-6-19(23)7-5-18/h4-7,12-13,20,24H,8-11,14H2,1-3H3. The second kappa shape index (κ2) is 8.63. The lowest BCUT2D eigenvalue weighted by molar-refractivity contribution is -0.132. The normalized spacial score (nSPS) is 14.1. The van der Waals surface area contributed by atoms with E-state index in [1.165, 1.54) is 12.1 Å². The number of halogens is 1. The van der Waals surface area contributed by atoms with Gasteiger partial charge >= 0.3 is 0 Å². The zero-order valence-corrected chi connectivity index (χ0v) is 17.9. The van der Waals surface area contributed by atoms with Gasteiger partial charge in [-0.1, -0.05) is 29.8 Å². The van der Waals surface area contributed by atoms with Crippen molar-refractivity contribution in [3.63, 3.8) is 0 Å². The summed E-state index contributed by atoms with van der Waals surface area (Å²) in [6, 6.07) is 9.96. The molecule has 1 amide bonds. The molecule has 3 rings (SSSR count). The van der Waals surface area contributed by atoms with Crippen molar-refractivity contribution in [3.05, 3.63) is 64.5 Å². The highest BCUT2D eigenvalue weighted by Crippen LogP contribution is 2.29. The van der Waals surface area contributed by atoms with E-state index in [0.717, 1.165) is 24.0 Å². The zero-order valence-electron chi connectivity index (χ0n) is 17.0. The monoisotopic (exact) mass is 418 g/mol. The average Bonchev–Trinajstić information content (AvgIpc) is 3.44. The number of benzene rings is 2. The van der Waals surface area contributed by atoms with E-state index in [9.17, 15) is 17.6 Å². The zero-order chi connectivity index (χ0) is 21.2. The predicted molar refractivity (Wildman–Crippen MR) is 110 cm³/mol.